The van der Waals surface area contributed by atoms with Crippen LogP contribution in [0.15, 0.2) is 45.3 Å². The molecule has 2 nitrogen and oxygen atoms in total. The summed E-state index contributed by atoms with van der Waals surface area (Å²) in [5, 5.41) is 0. The second kappa shape index (κ2) is 6.55. The Morgan fingerprint density at radius 1 is 1.10 bits per heavy atom. The first kappa shape index (κ1) is 15.3. The summed E-state index contributed by atoms with van der Waals surface area (Å²) in [4.78, 5) is 10.8. The molecule has 0 aromatic heterocycles. The SMILES string of the molecule is CC(C)c1cc(Br)ccc1Oc1ccc(C=O)c(Br)c1. The fourth-order valence-electron chi connectivity index (χ4n) is 1.86. The van der Waals surface area contributed by atoms with Crippen LogP contribution >= 0.6 is 31.9 Å². The van der Waals surface area contributed by atoms with Crippen molar-refractivity contribution >= 4 is 38.1 Å². The average molecular weight is 398 g/mol. The van der Waals surface area contributed by atoms with Crippen LogP contribution in [-0.4, -0.2) is 6.29 Å². The van der Waals surface area contributed by atoms with E-state index in [9.17, 15) is 4.79 Å². The third-order valence-corrected chi connectivity index (χ3v) is 4.10. The van der Waals surface area contributed by atoms with Gasteiger partial charge in [-0.05, 0) is 63.8 Å². The molecule has 0 aliphatic rings. The van der Waals surface area contributed by atoms with E-state index in [1.807, 2.05) is 12.1 Å². The smallest absolute Gasteiger partial charge is 0.151 e. The molecule has 0 fully saturated rings. The molecular weight excluding hydrogens is 384 g/mol. The Hall–Kier alpha value is -1.13. The van der Waals surface area contributed by atoms with Crippen LogP contribution in [0.2, 0.25) is 0 Å². The van der Waals surface area contributed by atoms with Gasteiger partial charge in [-0.2, -0.15) is 0 Å². The lowest BCUT2D eigenvalue weighted by atomic mass is 10.0. The van der Waals surface area contributed by atoms with Gasteiger partial charge in [-0.15, -0.1) is 0 Å². The molecule has 0 unspecified atom stereocenters. The van der Waals surface area contributed by atoms with Gasteiger partial charge in [0, 0.05) is 14.5 Å². The van der Waals surface area contributed by atoms with Gasteiger partial charge in [-0.25, -0.2) is 0 Å². The van der Waals surface area contributed by atoms with Gasteiger partial charge in [0.1, 0.15) is 11.5 Å². The normalized spacial score (nSPS) is 10.7. The highest BCUT2D eigenvalue weighted by Crippen LogP contribution is 2.34. The lowest BCUT2D eigenvalue weighted by molar-refractivity contribution is 0.112. The molecule has 0 heterocycles. The van der Waals surface area contributed by atoms with Gasteiger partial charge < -0.3 is 4.74 Å². The highest BCUT2D eigenvalue weighted by atomic mass is 79.9. The molecule has 0 spiro atoms. The highest BCUT2D eigenvalue weighted by Gasteiger charge is 2.10. The summed E-state index contributed by atoms with van der Waals surface area (Å²) < 4.78 is 7.70. The largest absolute Gasteiger partial charge is 0.457 e. The van der Waals surface area contributed by atoms with Gasteiger partial charge in [0.25, 0.3) is 0 Å². The molecule has 2 rings (SSSR count). The number of carbonyl (C=O) groups excluding carboxylic acids is 1. The van der Waals surface area contributed by atoms with Crippen molar-refractivity contribution in [2.75, 3.05) is 0 Å². The minimum atomic E-state index is 0.361. The number of rotatable bonds is 4. The van der Waals surface area contributed by atoms with E-state index in [4.69, 9.17) is 4.74 Å². The van der Waals surface area contributed by atoms with Crippen LogP contribution in [0.4, 0.5) is 0 Å². The molecule has 20 heavy (non-hydrogen) atoms. The van der Waals surface area contributed by atoms with Crippen LogP contribution in [0.1, 0.15) is 35.7 Å². The van der Waals surface area contributed by atoms with E-state index in [-0.39, 0.29) is 0 Å². The summed E-state index contributed by atoms with van der Waals surface area (Å²) in [6.07, 6.45) is 0.813. The number of carbonyl (C=O) groups is 1. The first-order valence-corrected chi connectivity index (χ1v) is 7.82. The standard InChI is InChI=1S/C16H14Br2O2/c1-10(2)14-7-12(17)4-6-16(14)20-13-5-3-11(9-19)15(18)8-13/h3-10H,1-2H3. The second-order valence-corrected chi connectivity index (χ2v) is 6.51. The predicted molar refractivity (Wildman–Crippen MR) is 87.8 cm³/mol. The minimum absolute atomic E-state index is 0.361. The molecule has 0 saturated carbocycles. The van der Waals surface area contributed by atoms with E-state index >= 15 is 0 Å². The van der Waals surface area contributed by atoms with Gasteiger partial charge in [0.15, 0.2) is 6.29 Å². The molecule has 0 aliphatic carbocycles. The number of hydrogen-bond donors (Lipinski definition) is 0. The Bertz CT molecular complexity index is 636. The fraction of sp³-hybridized carbons (Fsp3) is 0.188. The molecule has 0 atom stereocenters. The predicted octanol–water partition coefficient (Wildman–Crippen LogP) is 5.94. The number of hydrogen-bond acceptors (Lipinski definition) is 2. The number of aldehydes is 1. The maximum absolute atomic E-state index is 10.8. The van der Waals surface area contributed by atoms with E-state index in [0.29, 0.717) is 17.2 Å². The topological polar surface area (TPSA) is 26.3 Å². The number of benzene rings is 2. The van der Waals surface area contributed by atoms with Crippen molar-refractivity contribution in [1.29, 1.82) is 0 Å². The zero-order valence-electron chi connectivity index (χ0n) is 11.2. The van der Waals surface area contributed by atoms with Crippen molar-refractivity contribution in [2.45, 2.75) is 19.8 Å². The lowest BCUT2D eigenvalue weighted by Gasteiger charge is -2.14. The molecule has 2 aromatic carbocycles. The maximum Gasteiger partial charge on any atom is 0.151 e. The van der Waals surface area contributed by atoms with Crippen LogP contribution in [0.5, 0.6) is 11.5 Å². The van der Waals surface area contributed by atoms with Crippen molar-refractivity contribution < 1.29 is 9.53 Å². The molecule has 0 N–H and O–H groups in total. The van der Waals surface area contributed by atoms with Crippen LogP contribution in [0.3, 0.4) is 0 Å². The fourth-order valence-corrected chi connectivity index (χ4v) is 2.69. The Morgan fingerprint density at radius 3 is 2.45 bits per heavy atom. The summed E-state index contributed by atoms with van der Waals surface area (Å²) in [6.45, 7) is 4.25. The molecule has 0 amide bonds. The molecule has 0 radical (unpaired) electrons. The van der Waals surface area contributed by atoms with Crippen molar-refractivity contribution in [3.63, 3.8) is 0 Å². The van der Waals surface area contributed by atoms with E-state index < -0.39 is 0 Å². The molecule has 2 aromatic rings. The van der Waals surface area contributed by atoms with Gasteiger partial charge in [-0.3, -0.25) is 4.79 Å². The quantitative estimate of drug-likeness (QED) is 0.596. The van der Waals surface area contributed by atoms with Crippen LogP contribution in [-0.2, 0) is 0 Å². The van der Waals surface area contributed by atoms with Crippen LogP contribution in [0.25, 0.3) is 0 Å². The number of ether oxygens (including phenoxy) is 1. The third kappa shape index (κ3) is 3.49. The molecule has 0 bridgehead atoms. The molecule has 104 valence electrons. The van der Waals surface area contributed by atoms with E-state index in [0.717, 1.165) is 26.5 Å². The average Bonchev–Trinajstić information content (AvgIpc) is 2.41. The van der Waals surface area contributed by atoms with Crippen molar-refractivity contribution in [3.05, 3.63) is 56.5 Å². The Labute approximate surface area is 135 Å². The highest BCUT2D eigenvalue weighted by molar-refractivity contribution is 9.10. The number of halogens is 2. The summed E-state index contributed by atoms with van der Waals surface area (Å²) in [5.41, 5.74) is 1.74. The molecular formula is C16H14Br2O2. The Morgan fingerprint density at radius 2 is 1.85 bits per heavy atom. The monoisotopic (exact) mass is 396 g/mol. The first-order valence-electron chi connectivity index (χ1n) is 6.23. The summed E-state index contributed by atoms with van der Waals surface area (Å²) >= 11 is 6.84. The minimum Gasteiger partial charge on any atom is -0.457 e. The van der Waals surface area contributed by atoms with Crippen molar-refractivity contribution in [1.82, 2.24) is 0 Å². The maximum atomic E-state index is 10.8. The Balaban J connectivity index is 2.34. The second-order valence-electron chi connectivity index (χ2n) is 4.74. The van der Waals surface area contributed by atoms with Gasteiger partial charge in [-0.1, -0.05) is 29.8 Å². The molecule has 0 aliphatic heterocycles. The molecule has 4 heteroatoms. The molecule has 0 saturated heterocycles. The zero-order chi connectivity index (χ0) is 14.7. The van der Waals surface area contributed by atoms with Crippen LogP contribution < -0.4 is 4.74 Å². The van der Waals surface area contributed by atoms with E-state index in [1.165, 1.54) is 0 Å². The van der Waals surface area contributed by atoms with E-state index in [2.05, 4.69) is 51.8 Å². The van der Waals surface area contributed by atoms with Crippen molar-refractivity contribution in [3.8, 4) is 11.5 Å². The summed E-state index contributed by atoms with van der Waals surface area (Å²) in [7, 11) is 0. The Kier molecular flexibility index (Phi) is 5.00. The zero-order valence-corrected chi connectivity index (χ0v) is 14.4. The summed E-state index contributed by atoms with van der Waals surface area (Å²) in [6, 6.07) is 11.3. The van der Waals surface area contributed by atoms with E-state index in [1.54, 1.807) is 18.2 Å². The van der Waals surface area contributed by atoms with Gasteiger partial charge in [0.05, 0.1) is 0 Å². The first-order chi connectivity index (χ1) is 9.51. The lowest BCUT2D eigenvalue weighted by Crippen LogP contribution is -1.94. The van der Waals surface area contributed by atoms with Gasteiger partial charge >= 0.3 is 0 Å². The van der Waals surface area contributed by atoms with Crippen LogP contribution in [0, 0.1) is 0 Å². The summed E-state index contributed by atoms with van der Waals surface area (Å²) in [5.74, 6) is 1.89. The third-order valence-electron chi connectivity index (χ3n) is 2.92. The van der Waals surface area contributed by atoms with Gasteiger partial charge in [0.2, 0.25) is 0 Å². The van der Waals surface area contributed by atoms with Crippen molar-refractivity contribution in [2.24, 2.45) is 0 Å².